The average molecular weight is 308 g/mol. The normalized spacial score (nSPS) is 13.1. The smallest absolute Gasteiger partial charge is 0.317 e. The number of hydrogen-bond acceptors (Lipinski definition) is 4. The minimum absolute atomic E-state index is 0.0817. The van der Waals surface area contributed by atoms with Crippen molar-refractivity contribution in [3.8, 4) is 11.5 Å². The summed E-state index contributed by atoms with van der Waals surface area (Å²) in [6, 6.07) is 5.23. The maximum atomic E-state index is 11.9. The van der Waals surface area contributed by atoms with Crippen molar-refractivity contribution in [2.75, 3.05) is 26.8 Å². The van der Waals surface area contributed by atoms with Gasteiger partial charge in [-0.25, -0.2) is 4.79 Å². The molecule has 1 heterocycles. The molecule has 1 aliphatic heterocycles. The molecule has 0 unspecified atom stereocenters. The lowest BCUT2D eigenvalue weighted by molar-refractivity contribution is -0.137. The molecule has 0 aromatic heterocycles. The lowest BCUT2D eigenvalue weighted by Crippen LogP contribution is -2.38. The molecule has 2 rings (SSSR count). The second-order valence-electron chi connectivity index (χ2n) is 5.02. The van der Waals surface area contributed by atoms with Gasteiger partial charge in [-0.3, -0.25) is 4.79 Å². The number of urea groups is 1. The second kappa shape index (κ2) is 7.53. The topological polar surface area (TPSA) is 88.1 Å². The number of amides is 2. The van der Waals surface area contributed by atoms with Crippen LogP contribution in [0, 0.1) is 0 Å². The Morgan fingerprint density at radius 2 is 2.09 bits per heavy atom. The number of nitrogens with one attached hydrogen (secondary N) is 1. The second-order valence-corrected chi connectivity index (χ2v) is 5.02. The van der Waals surface area contributed by atoms with E-state index in [1.54, 1.807) is 7.05 Å². The molecule has 0 saturated carbocycles. The molecule has 0 fully saturated rings. The Hall–Kier alpha value is -2.44. The minimum atomic E-state index is -0.932. The third kappa shape index (κ3) is 4.28. The minimum Gasteiger partial charge on any atom is -0.490 e. The van der Waals surface area contributed by atoms with Crippen LogP contribution in [-0.2, 0) is 11.3 Å². The largest absolute Gasteiger partial charge is 0.490 e. The number of carbonyl (C=O) groups is 2. The number of carboxylic acids is 1. The van der Waals surface area contributed by atoms with Crippen molar-refractivity contribution in [2.24, 2.45) is 0 Å². The molecule has 0 saturated heterocycles. The van der Waals surface area contributed by atoms with Crippen LogP contribution in [0.3, 0.4) is 0 Å². The molecule has 0 atom stereocenters. The summed E-state index contributed by atoms with van der Waals surface area (Å²) in [5, 5.41) is 11.4. The van der Waals surface area contributed by atoms with Gasteiger partial charge in [0.25, 0.3) is 0 Å². The van der Waals surface area contributed by atoms with Gasteiger partial charge < -0.3 is 24.8 Å². The Morgan fingerprint density at radius 3 is 2.86 bits per heavy atom. The molecule has 1 aromatic rings. The molecule has 7 heteroatoms. The van der Waals surface area contributed by atoms with Crippen molar-refractivity contribution in [3.63, 3.8) is 0 Å². The Kier molecular flexibility index (Phi) is 5.46. The van der Waals surface area contributed by atoms with Gasteiger partial charge in [0.15, 0.2) is 11.5 Å². The van der Waals surface area contributed by atoms with Crippen molar-refractivity contribution < 1.29 is 24.2 Å². The van der Waals surface area contributed by atoms with E-state index in [1.165, 1.54) is 4.90 Å². The van der Waals surface area contributed by atoms with Gasteiger partial charge in [0.1, 0.15) is 0 Å². The first-order valence-corrected chi connectivity index (χ1v) is 7.16. The molecule has 1 aromatic carbocycles. The third-order valence-corrected chi connectivity index (χ3v) is 3.29. The first-order chi connectivity index (χ1) is 10.6. The zero-order chi connectivity index (χ0) is 15.9. The number of rotatable bonds is 5. The number of para-hydroxylation sites is 1. The predicted molar refractivity (Wildman–Crippen MR) is 79.2 cm³/mol. The van der Waals surface area contributed by atoms with Gasteiger partial charge >= 0.3 is 12.0 Å². The molecule has 0 bridgehead atoms. The summed E-state index contributed by atoms with van der Waals surface area (Å²) in [5.74, 6) is 0.413. The van der Waals surface area contributed by atoms with Gasteiger partial charge in [0.05, 0.1) is 19.6 Å². The van der Waals surface area contributed by atoms with Crippen molar-refractivity contribution >= 4 is 12.0 Å². The number of carboxylic acid groups (broad SMARTS) is 1. The Bertz CT molecular complexity index is 547. The van der Waals surface area contributed by atoms with Gasteiger partial charge in [0.2, 0.25) is 0 Å². The molecule has 1 aliphatic rings. The molecular weight excluding hydrogens is 288 g/mol. The number of nitrogens with zero attached hydrogens (tertiary/aromatic N) is 1. The van der Waals surface area contributed by atoms with Gasteiger partial charge in [-0.2, -0.15) is 0 Å². The summed E-state index contributed by atoms with van der Waals surface area (Å²) in [4.78, 5) is 23.8. The fourth-order valence-corrected chi connectivity index (χ4v) is 2.06. The lowest BCUT2D eigenvalue weighted by Gasteiger charge is -2.18. The van der Waals surface area contributed by atoms with Gasteiger partial charge in [-0.1, -0.05) is 12.1 Å². The highest BCUT2D eigenvalue weighted by Crippen LogP contribution is 2.33. The van der Waals surface area contributed by atoms with Crippen LogP contribution in [0.2, 0.25) is 0 Å². The van der Waals surface area contributed by atoms with Crippen molar-refractivity contribution in [1.82, 2.24) is 10.2 Å². The van der Waals surface area contributed by atoms with Crippen LogP contribution in [0.15, 0.2) is 18.2 Å². The highest BCUT2D eigenvalue weighted by molar-refractivity contribution is 5.75. The lowest BCUT2D eigenvalue weighted by atomic mass is 10.2. The first-order valence-electron chi connectivity index (χ1n) is 7.16. The van der Waals surface area contributed by atoms with Crippen LogP contribution in [-0.4, -0.2) is 48.8 Å². The van der Waals surface area contributed by atoms with Gasteiger partial charge in [-0.05, 0) is 6.07 Å². The van der Waals surface area contributed by atoms with E-state index < -0.39 is 5.97 Å². The molecule has 0 spiro atoms. The van der Waals surface area contributed by atoms with Crippen molar-refractivity contribution in [2.45, 2.75) is 19.4 Å². The summed E-state index contributed by atoms with van der Waals surface area (Å²) >= 11 is 0. The summed E-state index contributed by atoms with van der Waals surface area (Å²) in [5.41, 5.74) is 0.833. The van der Waals surface area contributed by atoms with Crippen LogP contribution in [0.1, 0.15) is 18.4 Å². The number of fused-ring (bicyclic) bond motifs is 1. The number of hydrogen-bond donors (Lipinski definition) is 2. The summed E-state index contributed by atoms with van der Waals surface area (Å²) in [7, 11) is 1.56. The van der Waals surface area contributed by atoms with E-state index in [9.17, 15) is 9.59 Å². The number of ether oxygens (including phenoxy) is 2. The fraction of sp³-hybridized carbons (Fsp3) is 0.467. The summed E-state index contributed by atoms with van der Waals surface area (Å²) < 4.78 is 11.3. The molecule has 2 N–H and O–H groups in total. The highest BCUT2D eigenvalue weighted by Gasteiger charge is 2.16. The fourth-order valence-electron chi connectivity index (χ4n) is 2.06. The van der Waals surface area contributed by atoms with E-state index in [-0.39, 0.29) is 19.0 Å². The number of aliphatic carboxylic acids is 1. The zero-order valence-corrected chi connectivity index (χ0v) is 12.5. The van der Waals surface area contributed by atoms with E-state index in [1.807, 2.05) is 18.2 Å². The highest BCUT2D eigenvalue weighted by atomic mass is 16.5. The molecule has 0 aliphatic carbocycles. The average Bonchev–Trinajstić information content (AvgIpc) is 2.75. The standard InChI is InChI=1S/C15H20N2O5/c1-17(7-6-13(18)19)15(20)16-10-11-4-2-5-12-14(11)22-9-3-8-21-12/h2,4-5H,3,6-10H2,1H3,(H,16,20)(H,18,19). The third-order valence-electron chi connectivity index (χ3n) is 3.29. The molecule has 2 amide bonds. The van der Waals surface area contributed by atoms with Crippen LogP contribution < -0.4 is 14.8 Å². The monoisotopic (exact) mass is 308 g/mol. The van der Waals surface area contributed by atoms with Gasteiger partial charge in [-0.15, -0.1) is 0 Å². The summed E-state index contributed by atoms with van der Waals surface area (Å²) in [6.45, 7) is 1.65. The van der Waals surface area contributed by atoms with Crippen LogP contribution >= 0.6 is 0 Å². The molecule has 7 nitrogen and oxygen atoms in total. The Balaban J connectivity index is 1.94. The van der Waals surface area contributed by atoms with E-state index in [0.717, 1.165) is 12.0 Å². The van der Waals surface area contributed by atoms with E-state index in [2.05, 4.69) is 5.32 Å². The maximum Gasteiger partial charge on any atom is 0.317 e. The van der Waals surface area contributed by atoms with Gasteiger partial charge in [0, 0.05) is 32.1 Å². The quantitative estimate of drug-likeness (QED) is 0.860. The first kappa shape index (κ1) is 15.9. The van der Waals surface area contributed by atoms with E-state index in [4.69, 9.17) is 14.6 Å². The van der Waals surface area contributed by atoms with E-state index in [0.29, 0.717) is 31.3 Å². The van der Waals surface area contributed by atoms with Crippen LogP contribution in [0.5, 0.6) is 11.5 Å². The van der Waals surface area contributed by atoms with E-state index >= 15 is 0 Å². The Morgan fingerprint density at radius 1 is 1.32 bits per heavy atom. The molecule has 120 valence electrons. The number of carbonyl (C=O) groups excluding carboxylic acids is 1. The SMILES string of the molecule is CN(CCC(=O)O)C(=O)NCc1cccc2c1OCCCO2. The van der Waals surface area contributed by atoms with Crippen molar-refractivity contribution in [1.29, 1.82) is 0 Å². The maximum absolute atomic E-state index is 11.9. The number of benzene rings is 1. The molecule has 0 radical (unpaired) electrons. The van der Waals surface area contributed by atoms with Crippen LogP contribution in [0.4, 0.5) is 4.79 Å². The van der Waals surface area contributed by atoms with Crippen molar-refractivity contribution in [3.05, 3.63) is 23.8 Å². The predicted octanol–water partition coefficient (Wildman–Crippen LogP) is 1.46. The summed E-state index contributed by atoms with van der Waals surface area (Å²) in [6.07, 6.45) is 0.736. The van der Waals surface area contributed by atoms with Crippen LogP contribution in [0.25, 0.3) is 0 Å². The zero-order valence-electron chi connectivity index (χ0n) is 12.5. The molecular formula is C15H20N2O5. The molecule has 22 heavy (non-hydrogen) atoms. The Labute approximate surface area is 128 Å².